The van der Waals surface area contributed by atoms with E-state index in [1.165, 1.54) is 6.07 Å². The topological polar surface area (TPSA) is 114 Å². The Balaban J connectivity index is 2.41. The molecule has 2 aromatic rings. The Labute approximate surface area is 131 Å². The van der Waals surface area contributed by atoms with Crippen LogP contribution in [-0.4, -0.2) is 28.7 Å². The van der Waals surface area contributed by atoms with Gasteiger partial charge in [-0.2, -0.15) is 0 Å². The van der Waals surface area contributed by atoms with Gasteiger partial charge in [0.05, 0.1) is 17.0 Å². The van der Waals surface area contributed by atoms with Gasteiger partial charge in [-0.15, -0.1) is 0 Å². The van der Waals surface area contributed by atoms with Crippen molar-refractivity contribution in [1.82, 2.24) is 0 Å². The lowest BCUT2D eigenvalue weighted by Gasteiger charge is -2.14. The number of aromatic carboxylic acids is 1. The number of nitrogens with two attached hydrogens (primary N) is 1. The predicted octanol–water partition coefficient (Wildman–Crippen LogP) is 2.82. The predicted molar refractivity (Wildman–Crippen MR) is 80.2 cm³/mol. The Morgan fingerprint density at radius 2 is 2.00 bits per heavy atom. The number of carboxylic acid groups (broad SMARTS) is 2. The van der Waals surface area contributed by atoms with Crippen molar-refractivity contribution in [3.05, 3.63) is 46.7 Å². The van der Waals surface area contributed by atoms with Crippen molar-refractivity contribution in [2.24, 2.45) is 5.73 Å². The van der Waals surface area contributed by atoms with Crippen LogP contribution in [0.3, 0.4) is 0 Å². The third-order valence-electron chi connectivity index (χ3n) is 3.28. The highest BCUT2D eigenvalue weighted by Gasteiger charge is 2.18. The molecule has 0 aliphatic heterocycles. The molecular formula is C15H14ClNO5. The monoisotopic (exact) mass is 323 g/mol. The second kappa shape index (κ2) is 6.64. The zero-order chi connectivity index (χ0) is 16.3. The quantitative estimate of drug-likeness (QED) is 0.753. The van der Waals surface area contributed by atoms with E-state index in [-0.39, 0.29) is 24.4 Å². The van der Waals surface area contributed by atoms with Gasteiger partial charge in [-0.1, -0.05) is 17.7 Å². The number of hydrogen-bond donors (Lipinski definition) is 3. The normalized spacial score (nSPS) is 12.1. The van der Waals surface area contributed by atoms with E-state index in [0.29, 0.717) is 21.9 Å². The van der Waals surface area contributed by atoms with Crippen molar-refractivity contribution in [3.63, 3.8) is 0 Å². The lowest BCUT2D eigenvalue weighted by atomic mass is 9.94. The Bertz CT molecular complexity index is 710. The third kappa shape index (κ3) is 3.47. The molecule has 0 spiro atoms. The molecule has 0 aliphatic carbocycles. The molecule has 0 saturated heterocycles. The molecule has 1 aromatic heterocycles. The fraction of sp³-hybridized carbons (Fsp3) is 0.200. The fourth-order valence-electron chi connectivity index (χ4n) is 2.12. The van der Waals surface area contributed by atoms with Crippen LogP contribution in [0.15, 0.2) is 34.9 Å². The summed E-state index contributed by atoms with van der Waals surface area (Å²) in [7, 11) is 0. The Hall–Kier alpha value is -2.31. The van der Waals surface area contributed by atoms with Gasteiger partial charge >= 0.3 is 11.9 Å². The number of hydrogen-bond acceptors (Lipinski definition) is 4. The van der Waals surface area contributed by atoms with Gasteiger partial charge in [-0.3, -0.25) is 4.79 Å². The molecule has 0 radical (unpaired) electrons. The molecule has 0 amide bonds. The van der Waals surface area contributed by atoms with Gasteiger partial charge in [-0.25, -0.2) is 4.79 Å². The largest absolute Gasteiger partial charge is 0.481 e. The van der Waals surface area contributed by atoms with Crippen LogP contribution < -0.4 is 5.73 Å². The molecule has 116 valence electrons. The number of benzene rings is 1. The molecule has 0 unspecified atom stereocenters. The average molecular weight is 324 g/mol. The molecule has 7 heteroatoms. The number of carboxylic acids is 2. The minimum Gasteiger partial charge on any atom is -0.481 e. The van der Waals surface area contributed by atoms with Crippen LogP contribution in [0.2, 0.25) is 5.02 Å². The van der Waals surface area contributed by atoms with Crippen LogP contribution in [0, 0.1) is 0 Å². The summed E-state index contributed by atoms with van der Waals surface area (Å²) >= 11 is 6.12. The van der Waals surface area contributed by atoms with Crippen LogP contribution in [0.4, 0.5) is 0 Å². The van der Waals surface area contributed by atoms with E-state index in [1.807, 2.05) is 0 Å². The van der Waals surface area contributed by atoms with E-state index in [2.05, 4.69) is 0 Å². The minimum atomic E-state index is -1.10. The number of carbonyl (C=O) groups is 2. The van der Waals surface area contributed by atoms with Crippen LogP contribution in [0.25, 0.3) is 11.3 Å². The van der Waals surface area contributed by atoms with Crippen molar-refractivity contribution >= 4 is 23.5 Å². The second-order valence-electron chi connectivity index (χ2n) is 4.77. The zero-order valence-corrected chi connectivity index (χ0v) is 12.2. The third-order valence-corrected chi connectivity index (χ3v) is 3.61. The first kappa shape index (κ1) is 16.1. The highest BCUT2D eigenvalue weighted by molar-refractivity contribution is 6.33. The van der Waals surface area contributed by atoms with Gasteiger partial charge < -0.3 is 20.4 Å². The summed E-state index contributed by atoms with van der Waals surface area (Å²) in [5.74, 6) is -2.11. The van der Waals surface area contributed by atoms with Crippen LogP contribution in [0.1, 0.15) is 28.3 Å². The average Bonchev–Trinajstić information content (AvgIpc) is 2.95. The number of halogens is 1. The summed E-state index contributed by atoms with van der Waals surface area (Å²) in [6.07, 6.45) is 1.02. The molecule has 0 bridgehead atoms. The van der Waals surface area contributed by atoms with Crippen molar-refractivity contribution in [2.45, 2.75) is 12.3 Å². The molecular weight excluding hydrogens is 310 g/mol. The summed E-state index contributed by atoms with van der Waals surface area (Å²) in [6, 6.07) is 6.35. The highest BCUT2D eigenvalue weighted by Crippen LogP contribution is 2.33. The van der Waals surface area contributed by atoms with Crippen molar-refractivity contribution in [3.8, 4) is 11.3 Å². The summed E-state index contributed by atoms with van der Waals surface area (Å²) in [5.41, 5.74) is 6.84. The first-order valence-corrected chi connectivity index (χ1v) is 6.83. The van der Waals surface area contributed by atoms with Gasteiger partial charge in [-0.05, 0) is 30.3 Å². The molecule has 6 nitrogen and oxygen atoms in total. The molecule has 0 aliphatic rings. The maximum Gasteiger partial charge on any atom is 0.338 e. The SMILES string of the molecule is NC[C@H](CC(=O)O)c1ccc(Cl)c(-c2cc(C(=O)O)co2)c1. The molecule has 1 aromatic carbocycles. The fourth-order valence-corrected chi connectivity index (χ4v) is 2.33. The maximum absolute atomic E-state index is 10.9. The molecule has 0 fully saturated rings. The maximum atomic E-state index is 10.9. The van der Waals surface area contributed by atoms with Crippen molar-refractivity contribution < 1.29 is 24.2 Å². The van der Waals surface area contributed by atoms with Crippen LogP contribution in [-0.2, 0) is 4.79 Å². The Kier molecular flexibility index (Phi) is 4.85. The van der Waals surface area contributed by atoms with Gasteiger partial charge in [0.1, 0.15) is 12.0 Å². The van der Waals surface area contributed by atoms with E-state index in [9.17, 15) is 9.59 Å². The molecule has 1 heterocycles. The van der Waals surface area contributed by atoms with E-state index >= 15 is 0 Å². The lowest BCUT2D eigenvalue weighted by molar-refractivity contribution is -0.137. The van der Waals surface area contributed by atoms with E-state index in [0.717, 1.165) is 6.26 Å². The van der Waals surface area contributed by atoms with Gasteiger partial charge in [0, 0.05) is 11.5 Å². The van der Waals surface area contributed by atoms with Gasteiger partial charge in [0.2, 0.25) is 0 Å². The lowest BCUT2D eigenvalue weighted by Crippen LogP contribution is -2.16. The molecule has 0 saturated carbocycles. The van der Waals surface area contributed by atoms with Crippen LogP contribution in [0.5, 0.6) is 0 Å². The molecule has 2 rings (SSSR count). The summed E-state index contributed by atoms with van der Waals surface area (Å²) in [4.78, 5) is 21.8. The molecule has 4 N–H and O–H groups in total. The summed E-state index contributed by atoms with van der Waals surface area (Å²) < 4.78 is 5.23. The Morgan fingerprint density at radius 3 is 2.55 bits per heavy atom. The second-order valence-corrected chi connectivity index (χ2v) is 5.18. The first-order chi connectivity index (χ1) is 10.4. The zero-order valence-electron chi connectivity index (χ0n) is 11.5. The first-order valence-electron chi connectivity index (χ1n) is 6.46. The number of furan rings is 1. The number of aliphatic carboxylic acids is 1. The molecule has 1 atom stereocenters. The van der Waals surface area contributed by atoms with Crippen molar-refractivity contribution in [2.75, 3.05) is 6.54 Å². The highest BCUT2D eigenvalue weighted by atomic mass is 35.5. The smallest absolute Gasteiger partial charge is 0.338 e. The van der Waals surface area contributed by atoms with Crippen molar-refractivity contribution in [1.29, 1.82) is 0 Å². The van der Waals surface area contributed by atoms with E-state index in [1.54, 1.807) is 18.2 Å². The Morgan fingerprint density at radius 1 is 1.27 bits per heavy atom. The summed E-state index contributed by atoms with van der Waals surface area (Å²) in [6.45, 7) is 0.173. The standard InChI is InChI=1S/C15H14ClNO5/c16-12-2-1-8(9(6-17)5-14(18)19)3-11(12)13-4-10(7-22-13)15(20)21/h1-4,7,9H,5-6,17H2,(H,18,19)(H,20,21)/t9-/m0/s1. The minimum absolute atomic E-state index is 0.0115. The number of rotatable bonds is 6. The van der Waals surface area contributed by atoms with E-state index < -0.39 is 11.9 Å². The van der Waals surface area contributed by atoms with Crippen LogP contribution >= 0.6 is 11.6 Å². The van der Waals surface area contributed by atoms with Gasteiger partial charge in [0.25, 0.3) is 0 Å². The van der Waals surface area contributed by atoms with E-state index in [4.69, 9.17) is 32.0 Å². The summed E-state index contributed by atoms with van der Waals surface area (Å²) in [5, 5.41) is 18.2. The van der Waals surface area contributed by atoms with Gasteiger partial charge in [0.15, 0.2) is 0 Å². The molecule has 22 heavy (non-hydrogen) atoms.